The van der Waals surface area contributed by atoms with Crippen LogP contribution in [0.15, 0.2) is 47.2 Å². The molecule has 0 aliphatic carbocycles. The van der Waals surface area contributed by atoms with Gasteiger partial charge in [0.15, 0.2) is 18.1 Å². The van der Waals surface area contributed by atoms with Crippen molar-refractivity contribution < 1.29 is 23.8 Å². The highest BCUT2D eigenvalue weighted by atomic mass is 79.9. The van der Waals surface area contributed by atoms with Crippen LogP contribution in [0.5, 0.6) is 11.5 Å². The largest absolute Gasteiger partial charge is 0.486 e. The van der Waals surface area contributed by atoms with E-state index in [9.17, 15) is 9.59 Å². The number of esters is 1. The summed E-state index contributed by atoms with van der Waals surface area (Å²) in [5.74, 6) is 0.289. The monoisotopic (exact) mass is 406 g/mol. The van der Waals surface area contributed by atoms with Gasteiger partial charge < -0.3 is 19.5 Å². The molecule has 1 aliphatic rings. The Morgan fingerprint density at radius 2 is 2.08 bits per heavy atom. The number of benzene rings is 1. The first-order valence-corrected chi connectivity index (χ1v) is 8.34. The Hall–Kier alpha value is -2.61. The number of carbonyl (C=O) groups is 2. The molecule has 1 N–H and O–H groups in total. The summed E-state index contributed by atoms with van der Waals surface area (Å²) in [6.45, 7) is 0.208. The van der Waals surface area contributed by atoms with Gasteiger partial charge in [0.25, 0.3) is 5.91 Å². The molecule has 1 aromatic heterocycles. The normalized spacial score (nSPS) is 15.3. The second-order valence-corrected chi connectivity index (χ2v) is 6.19. The fourth-order valence-corrected chi connectivity index (χ4v) is 2.55. The third-order valence-electron chi connectivity index (χ3n) is 3.37. The van der Waals surface area contributed by atoms with Crippen molar-refractivity contribution >= 4 is 27.8 Å². The van der Waals surface area contributed by atoms with E-state index in [1.165, 1.54) is 6.20 Å². The SMILES string of the molecule is O=C(COC(=O)c1cncc(Br)c1)NC[C@H]1COc2ccccc2O1. The van der Waals surface area contributed by atoms with Gasteiger partial charge in [0.2, 0.25) is 0 Å². The number of hydrogen-bond donors (Lipinski definition) is 1. The van der Waals surface area contributed by atoms with Gasteiger partial charge in [-0.25, -0.2) is 4.79 Å². The molecule has 0 bridgehead atoms. The summed E-state index contributed by atoms with van der Waals surface area (Å²) in [5.41, 5.74) is 0.266. The van der Waals surface area contributed by atoms with Crippen molar-refractivity contribution in [2.24, 2.45) is 0 Å². The summed E-state index contributed by atoms with van der Waals surface area (Å²) >= 11 is 3.22. The van der Waals surface area contributed by atoms with Crippen LogP contribution >= 0.6 is 15.9 Å². The summed E-state index contributed by atoms with van der Waals surface area (Å²) in [5, 5.41) is 2.66. The number of fused-ring (bicyclic) bond motifs is 1. The lowest BCUT2D eigenvalue weighted by molar-refractivity contribution is -0.124. The minimum atomic E-state index is -0.616. The second kappa shape index (κ2) is 7.98. The number of carbonyl (C=O) groups excluding carboxylic acids is 2. The Morgan fingerprint density at radius 3 is 2.88 bits per heavy atom. The second-order valence-electron chi connectivity index (χ2n) is 5.27. The Balaban J connectivity index is 1.42. The molecule has 1 aromatic carbocycles. The molecule has 0 saturated heterocycles. The molecule has 1 amide bonds. The number of aromatic nitrogens is 1. The molecule has 7 nitrogen and oxygen atoms in total. The van der Waals surface area contributed by atoms with Crippen LogP contribution in [0.25, 0.3) is 0 Å². The number of pyridine rings is 1. The smallest absolute Gasteiger partial charge is 0.340 e. The van der Waals surface area contributed by atoms with Crippen LogP contribution in [0.4, 0.5) is 0 Å². The Bertz CT molecular complexity index is 783. The summed E-state index contributed by atoms with van der Waals surface area (Å²) in [6, 6.07) is 8.90. The quantitative estimate of drug-likeness (QED) is 0.763. The highest BCUT2D eigenvalue weighted by Crippen LogP contribution is 2.30. The van der Waals surface area contributed by atoms with E-state index in [-0.39, 0.29) is 24.8 Å². The third-order valence-corrected chi connectivity index (χ3v) is 3.80. The fraction of sp³-hybridized carbons (Fsp3) is 0.235. The number of rotatable bonds is 5. The Kier molecular flexibility index (Phi) is 5.49. The molecule has 8 heteroatoms. The molecule has 0 unspecified atom stereocenters. The lowest BCUT2D eigenvalue weighted by Gasteiger charge is -2.26. The number of amides is 1. The number of nitrogens with zero attached hydrogens (tertiary/aromatic N) is 1. The molecule has 3 rings (SSSR count). The van der Waals surface area contributed by atoms with E-state index in [0.29, 0.717) is 22.6 Å². The highest BCUT2D eigenvalue weighted by molar-refractivity contribution is 9.10. The van der Waals surface area contributed by atoms with Crippen LogP contribution in [0.1, 0.15) is 10.4 Å². The lowest BCUT2D eigenvalue weighted by Crippen LogP contribution is -2.42. The number of halogens is 1. The van der Waals surface area contributed by atoms with Crippen LogP contribution in [-0.4, -0.2) is 42.7 Å². The van der Waals surface area contributed by atoms with E-state index in [4.69, 9.17) is 14.2 Å². The number of nitrogens with one attached hydrogen (secondary N) is 1. The van der Waals surface area contributed by atoms with E-state index < -0.39 is 11.9 Å². The maximum absolute atomic E-state index is 11.8. The van der Waals surface area contributed by atoms with Gasteiger partial charge in [0.05, 0.1) is 12.1 Å². The maximum atomic E-state index is 11.8. The van der Waals surface area contributed by atoms with Crippen LogP contribution < -0.4 is 14.8 Å². The molecular formula is C17H15BrN2O5. The molecule has 2 heterocycles. The summed E-state index contributed by atoms with van der Waals surface area (Å²) in [7, 11) is 0. The van der Waals surface area contributed by atoms with E-state index in [1.54, 1.807) is 18.3 Å². The summed E-state index contributed by atoms with van der Waals surface area (Å²) in [6.07, 6.45) is 2.62. The molecule has 2 aromatic rings. The van der Waals surface area contributed by atoms with Crippen LogP contribution in [0.3, 0.4) is 0 Å². The van der Waals surface area contributed by atoms with E-state index in [0.717, 1.165) is 0 Å². The number of hydrogen-bond acceptors (Lipinski definition) is 6. The lowest BCUT2D eigenvalue weighted by atomic mass is 10.2. The average Bonchev–Trinajstić information content (AvgIpc) is 2.64. The molecule has 0 fully saturated rings. The predicted molar refractivity (Wildman–Crippen MR) is 91.6 cm³/mol. The fourth-order valence-electron chi connectivity index (χ4n) is 2.18. The van der Waals surface area contributed by atoms with Gasteiger partial charge in [-0.3, -0.25) is 9.78 Å². The Labute approximate surface area is 152 Å². The summed E-state index contributed by atoms with van der Waals surface area (Å²) < 4.78 is 16.9. The van der Waals surface area contributed by atoms with Crippen molar-refractivity contribution in [2.45, 2.75) is 6.10 Å². The van der Waals surface area contributed by atoms with Gasteiger partial charge in [-0.2, -0.15) is 0 Å². The Morgan fingerprint density at radius 1 is 1.28 bits per heavy atom. The molecule has 0 saturated carbocycles. The average molecular weight is 407 g/mol. The van der Waals surface area contributed by atoms with Crippen molar-refractivity contribution in [1.29, 1.82) is 0 Å². The van der Waals surface area contributed by atoms with Gasteiger partial charge in [0, 0.05) is 16.9 Å². The van der Waals surface area contributed by atoms with Crippen molar-refractivity contribution in [3.63, 3.8) is 0 Å². The zero-order valence-corrected chi connectivity index (χ0v) is 14.7. The minimum Gasteiger partial charge on any atom is -0.486 e. The summed E-state index contributed by atoms with van der Waals surface area (Å²) in [4.78, 5) is 27.5. The first-order chi connectivity index (χ1) is 12.1. The molecule has 0 radical (unpaired) electrons. The van der Waals surface area contributed by atoms with Crippen molar-refractivity contribution in [3.8, 4) is 11.5 Å². The molecule has 1 atom stereocenters. The first kappa shape index (κ1) is 17.2. The van der Waals surface area contributed by atoms with Crippen LogP contribution in [0, 0.1) is 0 Å². The highest BCUT2D eigenvalue weighted by Gasteiger charge is 2.21. The third kappa shape index (κ3) is 4.69. The van der Waals surface area contributed by atoms with Gasteiger partial charge in [-0.05, 0) is 34.1 Å². The predicted octanol–water partition coefficient (Wildman–Crippen LogP) is 1.96. The van der Waals surface area contributed by atoms with Crippen molar-refractivity contribution in [2.75, 3.05) is 19.8 Å². The molecular weight excluding hydrogens is 392 g/mol. The van der Waals surface area contributed by atoms with Gasteiger partial charge in [-0.1, -0.05) is 12.1 Å². The zero-order chi connectivity index (χ0) is 17.6. The number of ether oxygens (including phenoxy) is 3. The van der Waals surface area contributed by atoms with Crippen molar-refractivity contribution in [1.82, 2.24) is 10.3 Å². The topological polar surface area (TPSA) is 86.8 Å². The zero-order valence-electron chi connectivity index (χ0n) is 13.1. The molecule has 25 heavy (non-hydrogen) atoms. The maximum Gasteiger partial charge on any atom is 0.340 e. The van der Waals surface area contributed by atoms with Gasteiger partial charge in [-0.15, -0.1) is 0 Å². The first-order valence-electron chi connectivity index (χ1n) is 7.54. The standard InChI is InChI=1S/C17H15BrN2O5/c18-12-5-11(6-19-7-12)17(22)24-10-16(21)20-8-13-9-23-14-3-1-2-4-15(14)25-13/h1-7,13H,8-10H2,(H,20,21)/t13-/m0/s1. The molecule has 130 valence electrons. The molecule has 0 spiro atoms. The van der Waals surface area contributed by atoms with Crippen LogP contribution in [-0.2, 0) is 9.53 Å². The van der Waals surface area contributed by atoms with E-state index in [2.05, 4.69) is 26.2 Å². The van der Waals surface area contributed by atoms with Crippen molar-refractivity contribution in [3.05, 3.63) is 52.8 Å². The van der Waals surface area contributed by atoms with Crippen LogP contribution in [0.2, 0.25) is 0 Å². The van der Waals surface area contributed by atoms with E-state index in [1.807, 2.05) is 18.2 Å². The van der Waals surface area contributed by atoms with Gasteiger partial charge in [0.1, 0.15) is 12.7 Å². The molecule has 1 aliphatic heterocycles. The van der Waals surface area contributed by atoms with E-state index >= 15 is 0 Å². The number of para-hydroxylation sites is 2. The minimum absolute atomic E-state index is 0.253. The van der Waals surface area contributed by atoms with Gasteiger partial charge >= 0.3 is 5.97 Å².